The number of amides is 1. The van der Waals surface area contributed by atoms with E-state index >= 15 is 0 Å². The number of carboxylic acids is 1. The highest BCUT2D eigenvalue weighted by atomic mass is 19.4. The molecule has 0 saturated heterocycles. The zero-order valence-corrected chi connectivity index (χ0v) is 10.1. The standard InChI is InChI=1S/C12H12F3NO3/c1-8-3-2-4-9(5-8)6-16(7-10(17)18)11(19)12(13,14)15/h2-5H,6-7H2,1H3,(H,17,18). The number of rotatable bonds is 4. The summed E-state index contributed by atoms with van der Waals surface area (Å²) in [5, 5.41) is 8.57. The molecule has 1 aromatic rings. The van der Waals surface area contributed by atoms with Gasteiger partial charge in [0.2, 0.25) is 0 Å². The van der Waals surface area contributed by atoms with Crippen molar-refractivity contribution in [1.82, 2.24) is 4.90 Å². The van der Waals surface area contributed by atoms with Crippen LogP contribution in [0.3, 0.4) is 0 Å². The van der Waals surface area contributed by atoms with Gasteiger partial charge in [-0.2, -0.15) is 13.2 Å². The molecule has 0 heterocycles. The lowest BCUT2D eigenvalue weighted by molar-refractivity contribution is -0.187. The van der Waals surface area contributed by atoms with Crippen LogP contribution in [-0.2, 0) is 16.1 Å². The summed E-state index contributed by atoms with van der Waals surface area (Å²) in [4.78, 5) is 21.9. The first-order chi connectivity index (χ1) is 8.70. The topological polar surface area (TPSA) is 57.6 Å². The van der Waals surface area contributed by atoms with Crippen molar-refractivity contribution in [2.24, 2.45) is 0 Å². The van der Waals surface area contributed by atoms with E-state index < -0.39 is 31.1 Å². The van der Waals surface area contributed by atoms with Crippen LogP contribution in [0.2, 0.25) is 0 Å². The summed E-state index contributed by atoms with van der Waals surface area (Å²) in [7, 11) is 0. The number of nitrogens with zero attached hydrogens (tertiary/aromatic N) is 1. The van der Waals surface area contributed by atoms with Gasteiger partial charge in [-0.25, -0.2) is 0 Å². The monoisotopic (exact) mass is 275 g/mol. The molecule has 1 amide bonds. The fourth-order valence-electron chi connectivity index (χ4n) is 1.57. The smallest absolute Gasteiger partial charge is 0.471 e. The lowest BCUT2D eigenvalue weighted by Crippen LogP contribution is -2.43. The molecule has 7 heteroatoms. The van der Waals surface area contributed by atoms with Gasteiger partial charge in [0.15, 0.2) is 0 Å². The van der Waals surface area contributed by atoms with E-state index in [0.29, 0.717) is 5.56 Å². The molecule has 0 spiro atoms. The van der Waals surface area contributed by atoms with E-state index in [1.807, 2.05) is 0 Å². The Bertz CT molecular complexity index is 485. The average molecular weight is 275 g/mol. The molecule has 0 aromatic heterocycles. The predicted octanol–water partition coefficient (Wildman–Crippen LogP) is 1.97. The third kappa shape index (κ3) is 4.61. The number of carbonyl (C=O) groups is 2. The Labute approximate surface area is 107 Å². The summed E-state index contributed by atoms with van der Waals surface area (Å²) in [5.41, 5.74) is 1.26. The number of hydrogen-bond acceptors (Lipinski definition) is 2. The van der Waals surface area contributed by atoms with Crippen LogP contribution in [-0.4, -0.2) is 34.6 Å². The molecular weight excluding hydrogens is 263 g/mol. The SMILES string of the molecule is Cc1cccc(CN(CC(=O)O)C(=O)C(F)(F)F)c1. The molecule has 4 nitrogen and oxygen atoms in total. The van der Waals surface area contributed by atoms with Crippen LogP contribution >= 0.6 is 0 Å². The number of carboxylic acid groups (broad SMARTS) is 1. The van der Waals surface area contributed by atoms with Gasteiger partial charge in [0.05, 0.1) is 0 Å². The second-order valence-electron chi connectivity index (χ2n) is 4.04. The molecule has 104 valence electrons. The Balaban J connectivity index is 2.92. The van der Waals surface area contributed by atoms with E-state index in [4.69, 9.17) is 5.11 Å². The fraction of sp³-hybridized carbons (Fsp3) is 0.333. The molecule has 0 aliphatic carbocycles. The zero-order chi connectivity index (χ0) is 14.6. The average Bonchev–Trinajstić information content (AvgIpc) is 2.25. The van der Waals surface area contributed by atoms with Gasteiger partial charge in [0, 0.05) is 6.54 Å². The second-order valence-corrected chi connectivity index (χ2v) is 4.04. The van der Waals surface area contributed by atoms with Gasteiger partial charge in [-0.3, -0.25) is 9.59 Å². The number of aryl methyl sites for hydroxylation is 1. The molecule has 1 rings (SSSR count). The Hall–Kier alpha value is -2.05. The van der Waals surface area contributed by atoms with E-state index in [2.05, 4.69) is 0 Å². The maximum absolute atomic E-state index is 12.3. The lowest BCUT2D eigenvalue weighted by atomic mass is 10.1. The first-order valence-electron chi connectivity index (χ1n) is 5.33. The Morgan fingerprint density at radius 2 is 1.95 bits per heavy atom. The number of carbonyl (C=O) groups excluding carboxylic acids is 1. The van der Waals surface area contributed by atoms with Crippen molar-refractivity contribution in [2.45, 2.75) is 19.6 Å². The van der Waals surface area contributed by atoms with Crippen molar-refractivity contribution >= 4 is 11.9 Å². The van der Waals surface area contributed by atoms with Crippen LogP contribution in [0.4, 0.5) is 13.2 Å². The Morgan fingerprint density at radius 1 is 1.32 bits per heavy atom. The Morgan fingerprint density at radius 3 is 2.42 bits per heavy atom. The summed E-state index contributed by atoms with van der Waals surface area (Å²) in [6, 6.07) is 6.50. The van der Waals surface area contributed by atoms with E-state index in [9.17, 15) is 22.8 Å². The highest BCUT2D eigenvalue weighted by Gasteiger charge is 2.42. The minimum Gasteiger partial charge on any atom is -0.480 e. The lowest BCUT2D eigenvalue weighted by Gasteiger charge is -2.22. The normalized spacial score (nSPS) is 11.2. The molecule has 1 N–H and O–H groups in total. The van der Waals surface area contributed by atoms with Crippen LogP contribution in [0.5, 0.6) is 0 Å². The van der Waals surface area contributed by atoms with Gasteiger partial charge >= 0.3 is 18.1 Å². The molecule has 0 atom stereocenters. The first-order valence-corrected chi connectivity index (χ1v) is 5.33. The van der Waals surface area contributed by atoms with Crippen LogP contribution in [0, 0.1) is 6.92 Å². The third-order valence-electron chi connectivity index (χ3n) is 2.31. The van der Waals surface area contributed by atoms with E-state index in [-0.39, 0.29) is 4.90 Å². The highest BCUT2D eigenvalue weighted by molar-refractivity contribution is 5.85. The zero-order valence-electron chi connectivity index (χ0n) is 10.1. The minimum absolute atomic E-state index is 0.261. The first kappa shape index (κ1) is 15.0. The fourth-order valence-corrected chi connectivity index (χ4v) is 1.57. The number of hydrogen-bond donors (Lipinski definition) is 1. The van der Waals surface area contributed by atoms with E-state index in [1.165, 1.54) is 6.07 Å². The van der Waals surface area contributed by atoms with Gasteiger partial charge in [0.25, 0.3) is 0 Å². The maximum Gasteiger partial charge on any atom is 0.471 e. The van der Waals surface area contributed by atoms with Gasteiger partial charge in [0.1, 0.15) is 6.54 Å². The number of halogens is 3. The molecule has 0 radical (unpaired) electrons. The summed E-state index contributed by atoms with van der Waals surface area (Å²) in [6.07, 6.45) is -5.08. The molecule has 0 unspecified atom stereocenters. The van der Waals surface area contributed by atoms with Crippen LogP contribution in [0.1, 0.15) is 11.1 Å². The van der Waals surface area contributed by atoms with Crippen molar-refractivity contribution in [2.75, 3.05) is 6.54 Å². The van der Waals surface area contributed by atoms with Gasteiger partial charge in [-0.15, -0.1) is 0 Å². The summed E-state index contributed by atoms with van der Waals surface area (Å²) >= 11 is 0. The summed E-state index contributed by atoms with van der Waals surface area (Å²) in [6.45, 7) is 0.356. The molecule has 0 fully saturated rings. The molecule has 0 bridgehead atoms. The highest BCUT2D eigenvalue weighted by Crippen LogP contribution is 2.20. The van der Waals surface area contributed by atoms with Gasteiger partial charge in [-0.1, -0.05) is 29.8 Å². The van der Waals surface area contributed by atoms with Crippen LogP contribution in [0.25, 0.3) is 0 Å². The Kier molecular flexibility index (Phi) is 4.52. The molecular formula is C12H12F3NO3. The maximum atomic E-state index is 12.3. The number of benzene rings is 1. The summed E-state index contributed by atoms with van der Waals surface area (Å²) in [5.74, 6) is -3.65. The number of aliphatic carboxylic acids is 1. The van der Waals surface area contributed by atoms with Crippen molar-refractivity contribution in [3.63, 3.8) is 0 Å². The second kappa shape index (κ2) is 5.73. The van der Waals surface area contributed by atoms with E-state index in [1.54, 1.807) is 25.1 Å². The van der Waals surface area contributed by atoms with Crippen molar-refractivity contribution in [1.29, 1.82) is 0 Å². The molecule has 1 aromatic carbocycles. The third-order valence-corrected chi connectivity index (χ3v) is 2.31. The molecule has 0 saturated carbocycles. The largest absolute Gasteiger partial charge is 0.480 e. The van der Waals surface area contributed by atoms with Gasteiger partial charge < -0.3 is 10.0 Å². The van der Waals surface area contributed by atoms with Crippen molar-refractivity contribution in [3.05, 3.63) is 35.4 Å². The van der Waals surface area contributed by atoms with Crippen LogP contribution < -0.4 is 0 Å². The quantitative estimate of drug-likeness (QED) is 0.914. The molecule has 19 heavy (non-hydrogen) atoms. The molecule has 0 aliphatic rings. The predicted molar refractivity (Wildman–Crippen MR) is 60.3 cm³/mol. The molecule has 0 aliphatic heterocycles. The summed E-state index contributed by atoms with van der Waals surface area (Å²) < 4.78 is 37.0. The van der Waals surface area contributed by atoms with Crippen molar-refractivity contribution in [3.8, 4) is 0 Å². The van der Waals surface area contributed by atoms with Gasteiger partial charge in [-0.05, 0) is 12.5 Å². The van der Waals surface area contributed by atoms with Crippen molar-refractivity contribution < 1.29 is 27.9 Å². The minimum atomic E-state index is -5.08. The number of alkyl halides is 3. The van der Waals surface area contributed by atoms with E-state index in [0.717, 1.165) is 5.56 Å². The van der Waals surface area contributed by atoms with Crippen LogP contribution in [0.15, 0.2) is 24.3 Å².